The van der Waals surface area contributed by atoms with Crippen LogP contribution in [0.2, 0.25) is 0 Å². The van der Waals surface area contributed by atoms with Crippen molar-refractivity contribution in [3.05, 3.63) is 109 Å². The standard InChI is InChI=1S/C66H89BN2S/c1-38-32-42-44(62(12,13)26-24-60(42,8)9)36-48(38)68-49-37-45-43(61(10,11)25-27-63(45,14)15)35-46(49)67-54-50(68)33-40(58(3,4)5)34-51(54)69(55-53-56(70-57(55)67)66(20,21)31-30-65(53,18)19)47-23-22-41-52(39(47)2)64(16,17)29-28-59(41,6)7/h22-23,32-37,53,56H,24-31H2,1-21H3. The fourth-order valence-corrected chi connectivity index (χ4v) is 17.6. The van der Waals surface area contributed by atoms with Gasteiger partial charge in [0.1, 0.15) is 0 Å². The Kier molecular flexibility index (Phi) is 10.3. The maximum absolute atomic E-state index is 2.94. The highest BCUT2D eigenvalue weighted by molar-refractivity contribution is 8.06. The fraction of sp³-hybridized carbons (Fsp3) is 0.606. The number of fused-ring (bicyclic) bond motifs is 8. The Labute approximate surface area is 431 Å². The highest BCUT2D eigenvalue weighted by Crippen LogP contribution is 2.66. The van der Waals surface area contributed by atoms with E-state index < -0.39 is 0 Å². The summed E-state index contributed by atoms with van der Waals surface area (Å²) < 4.78 is 0. The van der Waals surface area contributed by atoms with Gasteiger partial charge in [0, 0.05) is 45.3 Å². The topological polar surface area (TPSA) is 6.48 Å². The Morgan fingerprint density at radius 2 is 0.957 bits per heavy atom. The zero-order valence-corrected chi connectivity index (χ0v) is 48.6. The fourth-order valence-electron chi connectivity index (χ4n) is 15.5. The Morgan fingerprint density at radius 3 is 1.51 bits per heavy atom. The summed E-state index contributed by atoms with van der Waals surface area (Å²) >= 11 is 2.31. The Bertz CT molecular complexity index is 2960. The maximum Gasteiger partial charge on any atom is 0.259 e. The number of allylic oxidation sites excluding steroid dienone is 1. The number of hydrogen-bond donors (Lipinski definition) is 0. The first-order valence-corrected chi connectivity index (χ1v) is 28.7. The highest BCUT2D eigenvalue weighted by Gasteiger charge is 2.60. The van der Waals surface area contributed by atoms with Gasteiger partial charge < -0.3 is 9.80 Å². The molecule has 3 aliphatic heterocycles. The van der Waals surface area contributed by atoms with Crippen molar-refractivity contribution in [1.29, 1.82) is 0 Å². The summed E-state index contributed by atoms with van der Waals surface area (Å²) in [6, 6.07) is 21.4. The average Bonchev–Trinajstić information content (AvgIpc) is 3.67. The van der Waals surface area contributed by atoms with E-state index in [9.17, 15) is 0 Å². The monoisotopic (exact) mass is 953 g/mol. The Hall–Kier alpha value is -3.37. The second-order valence-electron chi connectivity index (χ2n) is 30.6. The molecule has 0 aromatic heterocycles. The summed E-state index contributed by atoms with van der Waals surface area (Å²) in [6.07, 6.45) is 9.77. The molecule has 7 aliphatic rings. The van der Waals surface area contributed by atoms with E-state index in [1.54, 1.807) is 38.3 Å². The van der Waals surface area contributed by atoms with Gasteiger partial charge in [0.25, 0.3) is 6.71 Å². The lowest BCUT2D eigenvalue weighted by Gasteiger charge is -2.52. The molecule has 1 fully saturated rings. The lowest BCUT2D eigenvalue weighted by Crippen LogP contribution is -2.57. The lowest BCUT2D eigenvalue weighted by molar-refractivity contribution is 0.0881. The Morgan fingerprint density at radius 1 is 0.486 bits per heavy atom. The normalized spacial score (nSPS) is 26.3. The van der Waals surface area contributed by atoms with E-state index in [1.165, 1.54) is 113 Å². The van der Waals surface area contributed by atoms with Gasteiger partial charge in [0.15, 0.2) is 0 Å². The van der Waals surface area contributed by atoms with Gasteiger partial charge in [-0.3, -0.25) is 0 Å². The van der Waals surface area contributed by atoms with Gasteiger partial charge in [0.2, 0.25) is 0 Å². The van der Waals surface area contributed by atoms with Crippen LogP contribution in [0.15, 0.2) is 59.0 Å². The quantitative estimate of drug-likeness (QED) is 0.185. The molecule has 2 atom stereocenters. The van der Waals surface area contributed by atoms with Crippen molar-refractivity contribution in [2.24, 2.45) is 16.7 Å². The smallest absolute Gasteiger partial charge is 0.259 e. The van der Waals surface area contributed by atoms with Crippen LogP contribution in [0.3, 0.4) is 0 Å². The molecule has 0 saturated heterocycles. The van der Waals surface area contributed by atoms with E-state index in [0.29, 0.717) is 11.2 Å². The van der Waals surface area contributed by atoms with Crippen molar-refractivity contribution in [1.82, 2.24) is 0 Å². The van der Waals surface area contributed by atoms with E-state index in [1.807, 2.05) is 0 Å². The van der Waals surface area contributed by atoms with Crippen LogP contribution >= 0.6 is 11.8 Å². The predicted octanol–water partition coefficient (Wildman–Crippen LogP) is 17.5. The van der Waals surface area contributed by atoms with Crippen molar-refractivity contribution < 1.29 is 0 Å². The van der Waals surface area contributed by atoms with Crippen LogP contribution in [0.5, 0.6) is 0 Å². The molecule has 11 rings (SSSR count). The number of anilines is 5. The molecule has 4 aromatic rings. The van der Waals surface area contributed by atoms with Crippen LogP contribution in [-0.4, -0.2) is 12.0 Å². The van der Waals surface area contributed by atoms with Crippen LogP contribution in [-0.2, 0) is 37.9 Å². The zero-order valence-electron chi connectivity index (χ0n) is 47.8. The lowest BCUT2D eigenvalue weighted by atomic mass is 9.35. The van der Waals surface area contributed by atoms with Gasteiger partial charge in [-0.25, -0.2) is 0 Å². The van der Waals surface area contributed by atoms with Gasteiger partial charge in [-0.2, -0.15) is 0 Å². The number of nitrogens with zero attached hydrogens (tertiary/aromatic N) is 2. The molecule has 1 saturated carbocycles. The van der Waals surface area contributed by atoms with E-state index in [-0.39, 0.29) is 55.4 Å². The molecule has 3 heterocycles. The maximum atomic E-state index is 2.94. The molecule has 0 N–H and O–H groups in total. The second-order valence-corrected chi connectivity index (χ2v) is 31.8. The number of benzene rings is 4. The number of thioether (sulfide) groups is 1. The molecular weight excluding hydrogens is 864 g/mol. The molecule has 2 unspecified atom stereocenters. The van der Waals surface area contributed by atoms with Crippen molar-refractivity contribution in [3.8, 4) is 0 Å². The molecular formula is C66H89BN2S. The van der Waals surface area contributed by atoms with Crippen LogP contribution in [0.4, 0.5) is 28.4 Å². The SMILES string of the molecule is Cc1cc2c(cc1N1c3cc4c(cc3B3C5=C(C6C(S5)C(C)(C)CCC6(C)C)N(c5ccc6c(c5C)C(C)(C)CCC6(C)C)c5cc(C(C)(C)C)cc1c53)C(C)(C)CCC4(C)C)C(C)(C)CCC2(C)C. The average molecular weight is 953 g/mol. The van der Waals surface area contributed by atoms with Gasteiger partial charge in [0.05, 0.1) is 0 Å². The summed E-state index contributed by atoms with van der Waals surface area (Å²) in [7, 11) is 0. The first-order chi connectivity index (χ1) is 32.1. The van der Waals surface area contributed by atoms with Crippen molar-refractivity contribution in [2.75, 3.05) is 9.80 Å². The van der Waals surface area contributed by atoms with Gasteiger partial charge in [-0.15, -0.1) is 11.8 Å². The van der Waals surface area contributed by atoms with Crippen LogP contribution < -0.4 is 20.7 Å². The molecule has 372 valence electrons. The molecule has 0 spiro atoms. The van der Waals surface area contributed by atoms with Crippen LogP contribution in [0.1, 0.15) is 233 Å². The van der Waals surface area contributed by atoms with Crippen molar-refractivity contribution in [2.45, 2.75) is 240 Å². The molecule has 0 bridgehead atoms. The van der Waals surface area contributed by atoms with Gasteiger partial charge >= 0.3 is 0 Å². The van der Waals surface area contributed by atoms with E-state index in [2.05, 4.69) is 215 Å². The van der Waals surface area contributed by atoms with Gasteiger partial charge in [-0.05, 0) is 210 Å². The number of hydrogen-bond acceptors (Lipinski definition) is 3. The Balaban J connectivity index is 1.31. The molecule has 0 radical (unpaired) electrons. The van der Waals surface area contributed by atoms with Gasteiger partial charge in [-0.1, -0.05) is 150 Å². The van der Waals surface area contributed by atoms with E-state index >= 15 is 0 Å². The third kappa shape index (κ3) is 6.84. The summed E-state index contributed by atoms with van der Waals surface area (Å²) in [6.45, 7) is 53.1. The minimum atomic E-state index is -0.0813. The number of rotatable bonds is 2. The second kappa shape index (κ2) is 14.7. The molecule has 70 heavy (non-hydrogen) atoms. The van der Waals surface area contributed by atoms with Crippen LogP contribution in [0, 0.1) is 30.6 Å². The summed E-state index contributed by atoms with van der Waals surface area (Å²) in [4.78, 5) is 7.40. The minimum absolute atomic E-state index is 0.0758. The summed E-state index contributed by atoms with van der Waals surface area (Å²) in [5, 5.41) is 0.486. The van der Waals surface area contributed by atoms with Crippen LogP contribution in [0.25, 0.3) is 0 Å². The first kappa shape index (κ1) is 48.9. The molecule has 0 amide bonds. The molecule has 4 aliphatic carbocycles. The number of aryl methyl sites for hydroxylation is 1. The molecule has 4 aromatic carbocycles. The largest absolute Gasteiger partial charge is 0.314 e. The van der Waals surface area contributed by atoms with E-state index in [0.717, 1.165) is 0 Å². The van der Waals surface area contributed by atoms with Crippen molar-refractivity contribution in [3.63, 3.8) is 0 Å². The van der Waals surface area contributed by atoms with E-state index in [4.69, 9.17) is 0 Å². The predicted molar refractivity (Wildman–Crippen MR) is 307 cm³/mol. The minimum Gasteiger partial charge on any atom is -0.314 e. The molecule has 2 nitrogen and oxygen atoms in total. The summed E-state index contributed by atoms with van der Waals surface area (Å²) in [5.74, 6) is 0.411. The summed E-state index contributed by atoms with van der Waals surface area (Å²) in [5.41, 5.74) is 26.2. The molecule has 4 heteroatoms. The first-order valence-electron chi connectivity index (χ1n) is 27.8. The zero-order chi connectivity index (χ0) is 50.8. The highest BCUT2D eigenvalue weighted by atomic mass is 32.2. The third-order valence-electron chi connectivity index (χ3n) is 20.8. The van der Waals surface area contributed by atoms with Crippen molar-refractivity contribution >= 4 is 57.8 Å². The third-order valence-corrected chi connectivity index (χ3v) is 22.7.